The summed E-state index contributed by atoms with van der Waals surface area (Å²) in [6.07, 6.45) is 3.00. The molecule has 0 bridgehead atoms. The molecule has 1 saturated heterocycles. The quantitative estimate of drug-likeness (QED) is 0.759. The zero-order chi connectivity index (χ0) is 15.6. The van der Waals surface area contributed by atoms with Crippen molar-refractivity contribution in [1.29, 1.82) is 0 Å². The van der Waals surface area contributed by atoms with Crippen LogP contribution in [0.2, 0.25) is 0 Å². The number of sulfonamides is 1. The number of amides is 1. The Kier molecular flexibility index (Phi) is 4.62. The Balaban J connectivity index is 2.05. The Morgan fingerprint density at radius 3 is 2.67 bits per heavy atom. The average molecular weight is 316 g/mol. The molecule has 0 spiro atoms. The second-order valence-corrected chi connectivity index (χ2v) is 7.10. The summed E-state index contributed by atoms with van der Waals surface area (Å²) in [5.41, 5.74) is 0. The third kappa shape index (κ3) is 3.59. The van der Waals surface area contributed by atoms with E-state index in [2.05, 4.69) is 10.2 Å². The Morgan fingerprint density at radius 2 is 2.10 bits per heavy atom. The number of aryl methyl sites for hydroxylation is 1. The van der Waals surface area contributed by atoms with Gasteiger partial charge >= 0.3 is 0 Å². The highest BCUT2D eigenvalue weighted by molar-refractivity contribution is 7.88. The summed E-state index contributed by atoms with van der Waals surface area (Å²) in [4.78, 5) is 13.8. The molecule has 0 aromatic carbocycles. The number of hydrogen-bond donors (Lipinski definition) is 0. The molecule has 1 aliphatic heterocycles. The Bertz CT molecular complexity index is 613. The van der Waals surface area contributed by atoms with Gasteiger partial charge in [-0.3, -0.25) is 4.79 Å². The van der Waals surface area contributed by atoms with E-state index in [1.54, 1.807) is 7.05 Å². The van der Waals surface area contributed by atoms with Crippen molar-refractivity contribution in [3.05, 3.63) is 11.8 Å². The fraction of sp³-hybridized carbons (Fsp3) is 0.750. The lowest BCUT2D eigenvalue weighted by Crippen LogP contribution is -2.45. The molecule has 0 unspecified atom stereocenters. The molecule has 118 valence electrons. The van der Waals surface area contributed by atoms with E-state index >= 15 is 0 Å². The first-order chi connectivity index (χ1) is 9.82. The number of carbonyl (C=O) groups is 1. The maximum atomic E-state index is 12.4. The van der Waals surface area contributed by atoms with Crippen LogP contribution in [0.3, 0.4) is 0 Å². The van der Waals surface area contributed by atoms with Gasteiger partial charge in [0.05, 0.1) is 12.8 Å². The van der Waals surface area contributed by atoms with Gasteiger partial charge in [-0.05, 0) is 12.8 Å². The molecular weight excluding hydrogens is 296 g/mol. The van der Waals surface area contributed by atoms with Crippen molar-refractivity contribution >= 4 is 15.9 Å². The van der Waals surface area contributed by atoms with Crippen LogP contribution in [0.1, 0.15) is 31.5 Å². The van der Waals surface area contributed by atoms with E-state index in [0.717, 1.165) is 6.26 Å². The Morgan fingerprint density at radius 1 is 1.43 bits per heavy atom. The largest absolute Gasteiger partial charge is 0.423 e. The third-order valence-electron chi connectivity index (χ3n) is 3.47. The molecule has 1 fully saturated rings. The lowest BCUT2D eigenvalue weighted by Gasteiger charge is -2.25. The molecule has 1 atom stereocenters. The topological polar surface area (TPSA) is 96.6 Å². The van der Waals surface area contributed by atoms with Gasteiger partial charge in [0, 0.05) is 20.0 Å². The second kappa shape index (κ2) is 6.10. The summed E-state index contributed by atoms with van der Waals surface area (Å²) < 4.78 is 30.0. The minimum atomic E-state index is -3.37. The predicted molar refractivity (Wildman–Crippen MR) is 74.7 cm³/mol. The van der Waals surface area contributed by atoms with Crippen LogP contribution in [-0.2, 0) is 27.8 Å². The van der Waals surface area contributed by atoms with Crippen molar-refractivity contribution in [3.8, 4) is 0 Å². The molecule has 9 heteroatoms. The van der Waals surface area contributed by atoms with E-state index in [9.17, 15) is 13.2 Å². The zero-order valence-electron chi connectivity index (χ0n) is 12.4. The van der Waals surface area contributed by atoms with Gasteiger partial charge < -0.3 is 9.32 Å². The van der Waals surface area contributed by atoms with Gasteiger partial charge in [0.25, 0.3) is 0 Å². The molecular formula is C12H20N4O4S. The van der Waals surface area contributed by atoms with Crippen molar-refractivity contribution in [3.63, 3.8) is 0 Å². The minimum Gasteiger partial charge on any atom is -0.423 e. The molecule has 2 rings (SSSR count). The maximum absolute atomic E-state index is 12.4. The SMILES string of the molecule is CCc1nnc(CN(C)C(=O)[C@@H]2CCCN2S(C)(=O)=O)o1. The molecule has 21 heavy (non-hydrogen) atoms. The van der Waals surface area contributed by atoms with Crippen LogP contribution in [0.4, 0.5) is 0 Å². The summed E-state index contributed by atoms with van der Waals surface area (Å²) in [5, 5.41) is 7.70. The highest BCUT2D eigenvalue weighted by atomic mass is 32.2. The van der Waals surface area contributed by atoms with Crippen LogP contribution in [-0.4, -0.2) is 59.6 Å². The lowest BCUT2D eigenvalue weighted by atomic mass is 10.2. The second-order valence-electron chi connectivity index (χ2n) is 5.17. The van der Waals surface area contributed by atoms with Crippen molar-refractivity contribution in [1.82, 2.24) is 19.4 Å². The van der Waals surface area contributed by atoms with Crippen LogP contribution in [0.5, 0.6) is 0 Å². The summed E-state index contributed by atoms with van der Waals surface area (Å²) in [5.74, 6) is 0.630. The monoisotopic (exact) mass is 316 g/mol. The van der Waals surface area contributed by atoms with E-state index in [4.69, 9.17) is 4.42 Å². The number of likely N-dealkylation sites (N-methyl/N-ethyl adjacent to an activating group) is 1. The van der Waals surface area contributed by atoms with E-state index in [1.165, 1.54) is 9.21 Å². The molecule has 0 N–H and O–H groups in total. The molecule has 1 aromatic heterocycles. The molecule has 1 aliphatic rings. The maximum Gasteiger partial charge on any atom is 0.241 e. The molecule has 8 nitrogen and oxygen atoms in total. The summed E-state index contributed by atoms with van der Waals surface area (Å²) in [6.45, 7) is 2.47. The smallest absolute Gasteiger partial charge is 0.241 e. The van der Waals surface area contributed by atoms with Crippen molar-refractivity contribution in [2.24, 2.45) is 0 Å². The number of rotatable bonds is 5. The first-order valence-electron chi connectivity index (χ1n) is 6.86. The predicted octanol–water partition coefficient (Wildman–Crippen LogP) is 0.0144. The molecule has 1 amide bonds. The lowest BCUT2D eigenvalue weighted by molar-refractivity contribution is -0.134. The highest BCUT2D eigenvalue weighted by Crippen LogP contribution is 2.22. The molecule has 0 radical (unpaired) electrons. The van der Waals surface area contributed by atoms with Gasteiger partial charge in [-0.2, -0.15) is 4.31 Å². The van der Waals surface area contributed by atoms with E-state index in [1.807, 2.05) is 6.92 Å². The van der Waals surface area contributed by atoms with Gasteiger partial charge in [0.1, 0.15) is 6.04 Å². The van der Waals surface area contributed by atoms with E-state index < -0.39 is 16.1 Å². The molecule has 0 aliphatic carbocycles. The van der Waals surface area contributed by atoms with Gasteiger partial charge in [0.15, 0.2) is 0 Å². The minimum absolute atomic E-state index is 0.180. The van der Waals surface area contributed by atoms with Crippen molar-refractivity contribution < 1.29 is 17.6 Å². The van der Waals surface area contributed by atoms with Gasteiger partial charge in [0.2, 0.25) is 27.7 Å². The van der Waals surface area contributed by atoms with Gasteiger partial charge in [-0.15, -0.1) is 10.2 Å². The number of carbonyl (C=O) groups excluding carboxylic acids is 1. The summed E-state index contributed by atoms with van der Waals surface area (Å²) in [7, 11) is -1.76. The van der Waals surface area contributed by atoms with Gasteiger partial charge in [-0.1, -0.05) is 6.92 Å². The number of nitrogens with zero attached hydrogens (tertiary/aromatic N) is 4. The molecule has 2 heterocycles. The van der Waals surface area contributed by atoms with Crippen LogP contribution in [0.15, 0.2) is 4.42 Å². The standard InChI is InChI=1S/C12H20N4O4S/c1-4-10-13-14-11(20-10)8-15(2)12(17)9-6-5-7-16(9)21(3,18)19/h9H,4-8H2,1-3H3/t9-/m0/s1. The normalized spacial score (nSPS) is 19.9. The van der Waals surface area contributed by atoms with Crippen LogP contribution in [0.25, 0.3) is 0 Å². The van der Waals surface area contributed by atoms with Crippen LogP contribution < -0.4 is 0 Å². The summed E-state index contributed by atoms with van der Waals surface area (Å²) >= 11 is 0. The van der Waals surface area contributed by atoms with E-state index in [-0.39, 0.29) is 12.5 Å². The fourth-order valence-electron chi connectivity index (χ4n) is 2.41. The molecule has 1 aromatic rings. The zero-order valence-corrected chi connectivity index (χ0v) is 13.3. The van der Waals surface area contributed by atoms with Crippen molar-refractivity contribution in [2.75, 3.05) is 19.8 Å². The van der Waals surface area contributed by atoms with Gasteiger partial charge in [-0.25, -0.2) is 8.42 Å². The molecule has 0 saturated carbocycles. The first-order valence-corrected chi connectivity index (χ1v) is 8.70. The first kappa shape index (κ1) is 15.9. The Labute approximate surface area is 124 Å². The number of aromatic nitrogens is 2. The summed E-state index contributed by atoms with van der Waals surface area (Å²) in [6, 6.07) is -0.626. The average Bonchev–Trinajstić information content (AvgIpc) is 3.05. The van der Waals surface area contributed by atoms with Crippen LogP contribution in [0, 0.1) is 0 Å². The van der Waals surface area contributed by atoms with E-state index in [0.29, 0.717) is 37.6 Å². The Hall–Kier alpha value is -1.48. The highest BCUT2D eigenvalue weighted by Gasteiger charge is 2.38. The fourth-order valence-corrected chi connectivity index (χ4v) is 3.53. The number of hydrogen-bond acceptors (Lipinski definition) is 6. The van der Waals surface area contributed by atoms with Crippen LogP contribution >= 0.6 is 0 Å². The van der Waals surface area contributed by atoms with Crippen molar-refractivity contribution in [2.45, 2.75) is 38.8 Å². The third-order valence-corrected chi connectivity index (χ3v) is 4.76.